The number of nitrogens with one attached hydrogen (secondary N) is 2. The van der Waals surface area contributed by atoms with Crippen LogP contribution in [0.15, 0.2) is 78.5 Å². The predicted octanol–water partition coefficient (Wildman–Crippen LogP) is 6.38. The van der Waals surface area contributed by atoms with Crippen LogP contribution < -0.4 is 30.9 Å². The zero-order valence-corrected chi connectivity index (χ0v) is 37.5. The summed E-state index contributed by atoms with van der Waals surface area (Å²) >= 11 is 0. The Morgan fingerprint density at radius 2 is 1.79 bits per heavy atom. The van der Waals surface area contributed by atoms with Gasteiger partial charge < -0.3 is 34.7 Å². The summed E-state index contributed by atoms with van der Waals surface area (Å²) in [6.45, 7) is 14.4. The number of halogens is 3. The first-order chi connectivity index (χ1) is 31.5. The van der Waals surface area contributed by atoms with Crippen molar-refractivity contribution in [3.05, 3.63) is 112 Å². The molecule has 15 nitrogen and oxygen atoms in total. The van der Waals surface area contributed by atoms with Crippen molar-refractivity contribution in [2.75, 3.05) is 64.6 Å². The summed E-state index contributed by atoms with van der Waals surface area (Å²) in [6, 6.07) is 12.1. The smallest absolute Gasteiger partial charge is 0.392 e. The van der Waals surface area contributed by atoms with Crippen LogP contribution in [0.2, 0.25) is 0 Å². The second-order valence-corrected chi connectivity index (χ2v) is 18.5. The summed E-state index contributed by atoms with van der Waals surface area (Å²) in [5.41, 5.74) is 5.68. The van der Waals surface area contributed by atoms with Gasteiger partial charge in [0, 0.05) is 99.8 Å². The average molecular weight is 906 g/mol. The first kappa shape index (κ1) is 44.7. The molecule has 0 spiro atoms. The maximum Gasteiger partial charge on any atom is 0.433 e. The first-order valence-electron chi connectivity index (χ1n) is 22.3. The molecular formula is C48H54F3N11O4. The van der Waals surface area contributed by atoms with E-state index < -0.39 is 29.9 Å². The normalized spacial score (nSPS) is 18.9. The van der Waals surface area contributed by atoms with Crippen LogP contribution in [-0.2, 0) is 44.0 Å². The molecule has 1 unspecified atom stereocenters. The molecule has 0 saturated carbocycles. The minimum atomic E-state index is -4.47. The number of carbonyl (C=O) groups excluding carboxylic acids is 2. The third kappa shape index (κ3) is 8.54. The molecule has 3 aliphatic heterocycles. The van der Waals surface area contributed by atoms with Crippen LogP contribution in [0.5, 0.6) is 0 Å². The van der Waals surface area contributed by atoms with Crippen LogP contribution >= 0.6 is 0 Å². The molecule has 18 heteroatoms. The molecule has 3 N–H and O–H groups in total. The van der Waals surface area contributed by atoms with Gasteiger partial charge in [-0.2, -0.15) is 13.2 Å². The van der Waals surface area contributed by atoms with Gasteiger partial charge in [-0.05, 0) is 92.1 Å². The van der Waals surface area contributed by atoms with Gasteiger partial charge in [0.1, 0.15) is 17.2 Å². The predicted molar refractivity (Wildman–Crippen MR) is 247 cm³/mol. The Morgan fingerprint density at radius 1 is 1.00 bits per heavy atom. The number of amides is 2. The number of piperazine rings is 1. The van der Waals surface area contributed by atoms with Gasteiger partial charge in [-0.3, -0.25) is 24.2 Å². The molecule has 2 amide bonds. The van der Waals surface area contributed by atoms with Gasteiger partial charge in [0.15, 0.2) is 5.82 Å². The number of rotatable bonds is 10. The van der Waals surface area contributed by atoms with Crippen molar-refractivity contribution >= 4 is 46.2 Å². The number of aliphatic hydroxyl groups is 1. The maximum atomic E-state index is 14.0. The van der Waals surface area contributed by atoms with Crippen molar-refractivity contribution in [1.29, 1.82) is 0 Å². The van der Waals surface area contributed by atoms with Crippen molar-refractivity contribution in [1.82, 2.24) is 29.0 Å². The van der Waals surface area contributed by atoms with Gasteiger partial charge >= 0.3 is 6.18 Å². The molecule has 1 atom stereocenters. The van der Waals surface area contributed by atoms with Crippen molar-refractivity contribution in [2.45, 2.75) is 77.9 Å². The number of piperidine rings is 1. The molecule has 66 heavy (non-hydrogen) atoms. The van der Waals surface area contributed by atoms with E-state index in [1.54, 1.807) is 36.5 Å². The number of carbonyl (C=O) groups is 2. The van der Waals surface area contributed by atoms with E-state index in [0.29, 0.717) is 84.2 Å². The van der Waals surface area contributed by atoms with Crippen LogP contribution in [0.4, 0.5) is 47.6 Å². The van der Waals surface area contributed by atoms with Crippen molar-refractivity contribution < 1.29 is 27.9 Å². The standard InChI is InChI=1S/C48H54F3N11O4/c1-6-42(64)55-36-22-31(7-9-38(36)60-18-17-59(26-29(60)2)32-12-15-58(16-13-32)33-8-10-41(53-25-33)48(49,50)51)54-43-46(66)57(5)27-37(56-43)34-11-14-52-44(35(34)28-63)62-20-19-61-39(45(62)65)21-30-23-47(3,4)24-40(30)61/h6-11,14,21-22,25,27,29,32,63H,1,12-13,15-20,23-24,26,28H2,2-5H3,(H,54,56)(H,55,64). The average Bonchev–Trinajstić information content (AvgIpc) is 3.79. The number of aromatic nitrogens is 5. The van der Waals surface area contributed by atoms with E-state index in [2.05, 4.69) is 67.2 Å². The number of anilines is 6. The Kier molecular flexibility index (Phi) is 11.7. The molecule has 9 rings (SSSR count). The number of aryl methyl sites for hydroxylation is 1. The summed E-state index contributed by atoms with van der Waals surface area (Å²) in [5.74, 6) is -0.230. The maximum absolute atomic E-state index is 14.0. The van der Waals surface area contributed by atoms with Crippen LogP contribution in [-0.4, -0.2) is 97.3 Å². The molecule has 2 saturated heterocycles. The minimum absolute atomic E-state index is 0.0120. The second-order valence-electron chi connectivity index (χ2n) is 18.5. The molecule has 0 bridgehead atoms. The highest BCUT2D eigenvalue weighted by molar-refractivity contribution is 6.06. The highest BCUT2D eigenvalue weighted by atomic mass is 19.4. The zero-order valence-electron chi connectivity index (χ0n) is 37.5. The molecule has 4 aliphatic rings. The van der Waals surface area contributed by atoms with Gasteiger partial charge in [0.25, 0.3) is 11.5 Å². The van der Waals surface area contributed by atoms with Gasteiger partial charge in [-0.15, -0.1) is 0 Å². The Bertz CT molecular complexity index is 2760. The van der Waals surface area contributed by atoms with Crippen molar-refractivity contribution in [3.63, 3.8) is 0 Å². The third-order valence-electron chi connectivity index (χ3n) is 13.5. The number of aliphatic hydroxyl groups excluding tert-OH is 1. The number of fused-ring (bicyclic) bond motifs is 3. The molecule has 2 fully saturated rings. The summed E-state index contributed by atoms with van der Waals surface area (Å²) in [6.07, 6.45) is 4.73. The fourth-order valence-corrected chi connectivity index (χ4v) is 10.2. The zero-order chi connectivity index (χ0) is 46.7. The highest BCUT2D eigenvalue weighted by Gasteiger charge is 2.38. The number of nitrogens with zero attached hydrogens (tertiary/aromatic N) is 9. The summed E-state index contributed by atoms with van der Waals surface area (Å²) < 4.78 is 42.7. The molecule has 1 aliphatic carbocycles. The first-order valence-corrected chi connectivity index (χ1v) is 22.3. The SMILES string of the molecule is C=CC(=O)Nc1cc(Nc2nc(-c3ccnc(N4CCn5c(cc6c5CC(C)(C)C6)C4=O)c3CO)cn(C)c2=O)ccc1N1CCN(C2CCN(c3ccc(C(F)(F)F)nc3)CC2)CC1C. The van der Waals surface area contributed by atoms with Gasteiger partial charge in [0.05, 0.1) is 35.6 Å². The Hall–Kier alpha value is -6.53. The van der Waals surface area contributed by atoms with E-state index >= 15 is 0 Å². The molecule has 0 radical (unpaired) electrons. The lowest BCUT2D eigenvalue weighted by Crippen LogP contribution is -2.57. The third-order valence-corrected chi connectivity index (χ3v) is 13.5. The number of pyridine rings is 2. The lowest BCUT2D eigenvalue weighted by atomic mass is 9.90. The molecular weight excluding hydrogens is 852 g/mol. The van der Waals surface area contributed by atoms with E-state index in [-0.39, 0.29) is 23.2 Å². The van der Waals surface area contributed by atoms with E-state index in [0.717, 1.165) is 50.5 Å². The summed E-state index contributed by atoms with van der Waals surface area (Å²) in [5, 5.41) is 16.9. The van der Waals surface area contributed by atoms with Crippen LogP contribution in [0.3, 0.4) is 0 Å². The summed E-state index contributed by atoms with van der Waals surface area (Å²) in [4.78, 5) is 61.8. The Labute approximate surface area is 380 Å². The topological polar surface area (TPSA) is 157 Å². The van der Waals surface area contributed by atoms with E-state index in [1.165, 1.54) is 34.2 Å². The minimum Gasteiger partial charge on any atom is -0.392 e. The monoisotopic (exact) mass is 905 g/mol. The fraction of sp³-hybridized carbons (Fsp3) is 0.417. The number of benzene rings is 1. The second kappa shape index (κ2) is 17.4. The van der Waals surface area contributed by atoms with E-state index in [9.17, 15) is 32.7 Å². The lowest BCUT2D eigenvalue weighted by Gasteiger charge is -2.47. The van der Waals surface area contributed by atoms with E-state index in [4.69, 9.17) is 4.98 Å². The summed E-state index contributed by atoms with van der Waals surface area (Å²) in [7, 11) is 1.61. The van der Waals surface area contributed by atoms with Gasteiger partial charge in [-0.1, -0.05) is 20.4 Å². The number of hydrogen-bond donors (Lipinski definition) is 3. The quantitative estimate of drug-likeness (QED) is 0.134. The molecule has 7 heterocycles. The molecule has 1 aromatic carbocycles. The van der Waals surface area contributed by atoms with Gasteiger partial charge in [0.2, 0.25) is 5.91 Å². The molecule has 346 valence electrons. The molecule has 4 aromatic heterocycles. The molecule has 5 aromatic rings. The fourth-order valence-electron chi connectivity index (χ4n) is 10.2. The number of alkyl halides is 3. The van der Waals surface area contributed by atoms with Gasteiger partial charge in [-0.25, -0.2) is 15.0 Å². The van der Waals surface area contributed by atoms with E-state index in [1.807, 2.05) is 18.2 Å². The van der Waals surface area contributed by atoms with Crippen LogP contribution in [0.1, 0.15) is 66.6 Å². The largest absolute Gasteiger partial charge is 0.433 e. The lowest BCUT2D eigenvalue weighted by molar-refractivity contribution is -0.141. The Balaban J connectivity index is 0.914. The highest BCUT2D eigenvalue weighted by Crippen LogP contribution is 2.41. The van der Waals surface area contributed by atoms with Crippen LogP contribution in [0.25, 0.3) is 11.3 Å². The van der Waals surface area contributed by atoms with Crippen molar-refractivity contribution in [3.8, 4) is 11.3 Å². The Morgan fingerprint density at radius 3 is 2.48 bits per heavy atom. The van der Waals surface area contributed by atoms with Crippen LogP contribution in [0, 0.1) is 5.41 Å². The number of hydrogen-bond acceptors (Lipinski definition) is 11. The van der Waals surface area contributed by atoms with Crippen molar-refractivity contribution in [2.24, 2.45) is 12.5 Å².